The van der Waals surface area contributed by atoms with Gasteiger partial charge in [-0.15, -0.1) is 0 Å². The molecular weight excluding hydrogens is 220 g/mol. The lowest BCUT2D eigenvalue weighted by Gasteiger charge is -2.25. The highest BCUT2D eigenvalue weighted by Crippen LogP contribution is 2.27. The van der Waals surface area contributed by atoms with E-state index in [1.165, 1.54) is 5.56 Å². The molecule has 0 amide bonds. The lowest BCUT2D eigenvalue weighted by molar-refractivity contribution is 0.113. The maximum atomic E-state index is 9.25. The Bertz CT molecular complexity index is 298. The number of benzene rings is 1. The molecule has 0 spiro atoms. The van der Waals surface area contributed by atoms with Crippen LogP contribution in [-0.2, 0) is 5.41 Å². The second-order valence-electron chi connectivity index (χ2n) is 4.60. The van der Waals surface area contributed by atoms with Crippen molar-refractivity contribution in [3.63, 3.8) is 0 Å². The summed E-state index contributed by atoms with van der Waals surface area (Å²) in [5, 5.41) is 18.0. The lowest BCUT2D eigenvalue weighted by Crippen LogP contribution is -2.23. The Hall–Kier alpha value is -0.510. The summed E-state index contributed by atoms with van der Waals surface area (Å²) in [6.07, 6.45) is -0.600. The van der Waals surface area contributed by atoms with E-state index < -0.39 is 6.10 Å². The van der Waals surface area contributed by atoms with Gasteiger partial charge in [-0.25, -0.2) is 0 Å². The minimum Gasteiger partial charge on any atom is -0.394 e. The standard InChI is InChI=1S/C13H20O2S/c1-13(2,10-16-9-12(15)8-14)11-6-4-3-5-7-11/h3-7,12,14-15H,8-10H2,1-2H3. The molecule has 90 valence electrons. The maximum absolute atomic E-state index is 9.25. The van der Waals surface area contributed by atoms with Crippen LogP contribution in [0.2, 0.25) is 0 Å². The molecule has 0 aliphatic rings. The van der Waals surface area contributed by atoms with Crippen molar-refractivity contribution < 1.29 is 10.2 Å². The molecule has 0 heterocycles. The zero-order valence-corrected chi connectivity index (χ0v) is 10.7. The van der Waals surface area contributed by atoms with E-state index in [9.17, 15) is 5.11 Å². The molecule has 0 aliphatic heterocycles. The molecule has 0 aromatic heterocycles. The van der Waals surface area contributed by atoms with Crippen molar-refractivity contribution in [1.29, 1.82) is 0 Å². The first kappa shape index (κ1) is 13.6. The molecule has 0 aliphatic carbocycles. The van der Waals surface area contributed by atoms with E-state index >= 15 is 0 Å². The summed E-state index contributed by atoms with van der Waals surface area (Å²) in [5.74, 6) is 1.53. The maximum Gasteiger partial charge on any atom is 0.0861 e. The van der Waals surface area contributed by atoms with Gasteiger partial charge in [-0.1, -0.05) is 44.2 Å². The summed E-state index contributed by atoms with van der Waals surface area (Å²) in [6.45, 7) is 4.24. The first-order chi connectivity index (χ1) is 7.56. The predicted octanol–water partition coefficient (Wildman–Crippen LogP) is 2.05. The lowest BCUT2D eigenvalue weighted by atomic mass is 9.87. The van der Waals surface area contributed by atoms with Gasteiger partial charge < -0.3 is 10.2 Å². The van der Waals surface area contributed by atoms with Crippen LogP contribution < -0.4 is 0 Å². The third kappa shape index (κ3) is 4.16. The number of aliphatic hydroxyl groups excluding tert-OH is 2. The summed E-state index contributed by atoms with van der Waals surface area (Å²) in [5.41, 5.74) is 1.40. The predicted molar refractivity (Wildman–Crippen MR) is 69.9 cm³/mol. The summed E-state index contributed by atoms with van der Waals surface area (Å²) < 4.78 is 0. The van der Waals surface area contributed by atoms with Crippen LogP contribution in [0.25, 0.3) is 0 Å². The zero-order valence-electron chi connectivity index (χ0n) is 9.89. The van der Waals surface area contributed by atoms with E-state index in [0.29, 0.717) is 5.75 Å². The van der Waals surface area contributed by atoms with Gasteiger partial charge in [0.05, 0.1) is 12.7 Å². The molecule has 0 bridgehead atoms. The fourth-order valence-electron chi connectivity index (χ4n) is 1.48. The number of hydrogen-bond acceptors (Lipinski definition) is 3. The van der Waals surface area contributed by atoms with Gasteiger partial charge in [0, 0.05) is 11.5 Å². The largest absolute Gasteiger partial charge is 0.394 e. The third-order valence-corrected chi connectivity index (χ3v) is 4.09. The molecule has 0 saturated heterocycles. The Morgan fingerprint density at radius 1 is 1.25 bits per heavy atom. The van der Waals surface area contributed by atoms with Gasteiger partial charge in [-0.3, -0.25) is 0 Å². The van der Waals surface area contributed by atoms with E-state index in [1.54, 1.807) is 11.8 Å². The Balaban J connectivity index is 2.46. The second kappa shape index (κ2) is 6.28. The van der Waals surface area contributed by atoms with Gasteiger partial charge in [0.25, 0.3) is 0 Å². The van der Waals surface area contributed by atoms with Crippen molar-refractivity contribution in [2.24, 2.45) is 0 Å². The molecule has 0 saturated carbocycles. The topological polar surface area (TPSA) is 40.5 Å². The molecule has 1 aromatic carbocycles. The highest BCUT2D eigenvalue weighted by atomic mass is 32.2. The molecular formula is C13H20O2S. The van der Waals surface area contributed by atoms with E-state index in [0.717, 1.165) is 5.75 Å². The van der Waals surface area contributed by atoms with Crippen molar-refractivity contribution in [2.75, 3.05) is 18.1 Å². The number of hydrogen-bond donors (Lipinski definition) is 2. The molecule has 1 unspecified atom stereocenters. The van der Waals surface area contributed by atoms with E-state index in [2.05, 4.69) is 26.0 Å². The molecule has 2 nitrogen and oxygen atoms in total. The van der Waals surface area contributed by atoms with Gasteiger partial charge in [0.15, 0.2) is 0 Å². The molecule has 1 aromatic rings. The van der Waals surface area contributed by atoms with E-state index in [1.807, 2.05) is 18.2 Å². The average Bonchev–Trinajstić information content (AvgIpc) is 2.30. The fourth-order valence-corrected chi connectivity index (χ4v) is 2.65. The van der Waals surface area contributed by atoms with E-state index in [4.69, 9.17) is 5.11 Å². The van der Waals surface area contributed by atoms with Crippen LogP contribution in [0.1, 0.15) is 19.4 Å². The normalized spacial score (nSPS) is 13.8. The van der Waals surface area contributed by atoms with Crippen molar-refractivity contribution in [1.82, 2.24) is 0 Å². The van der Waals surface area contributed by atoms with Crippen molar-refractivity contribution >= 4 is 11.8 Å². The first-order valence-corrected chi connectivity index (χ1v) is 6.64. The van der Waals surface area contributed by atoms with Crippen LogP contribution in [0.4, 0.5) is 0 Å². The molecule has 3 heteroatoms. The number of thioether (sulfide) groups is 1. The minimum atomic E-state index is -0.600. The van der Waals surface area contributed by atoms with Crippen molar-refractivity contribution in [2.45, 2.75) is 25.4 Å². The zero-order chi connectivity index (χ0) is 12.0. The van der Waals surface area contributed by atoms with Crippen LogP contribution >= 0.6 is 11.8 Å². The summed E-state index contributed by atoms with van der Waals surface area (Å²) in [4.78, 5) is 0. The number of rotatable bonds is 6. The quantitative estimate of drug-likeness (QED) is 0.799. The molecule has 1 atom stereocenters. The minimum absolute atomic E-state index is 0.0983. The molecule has 16 heavy (non-hydrogen) atoms. The highest BCUT2D eigenvalue weighted by Gasteiger charge is 2.20. The summed E-state index contributed by atoms with van der Waals surface area (Å²) >= 11 is 1.68. The molecule has 0 radical (unpaired) electrons. The van der Waals surface area contributed by atoms with Gasteiger partial charge in [0.2, 0.25) is 0 Å². The Morgan fingerprint density at radius 3 is 2.44 bits per heavy atom. The van der Waals surface area contributed by atoms with Gasteiger partial charge in [-0.2, -0.15) is 11.8 Å². The third-order valence-electron chi connectivity index (χ3n) is 2.54. The van der Waals surface area contributed by atoms with Crippen LogP contribution in [0.5, 0.6) is 0 Å². The SMILES string of the molecule is CC(C)(CSCC(O)CO)c1ccccc1. The van der Waals surface area contributed by atoms with Crippen molar-refractivity contribution in [3.05, 3.63) is 35.9 Å². The smallest absolute Gasteiger partial charge is 0.0861 e. The Labute approximate surface area is 102 Å². The number of aliphatic hydroxyl groups is 2. The highest BCUT2D eigenvalue weighted by molar-refractivity contribution is 7.99. The van der Waals surface area contributed by atoms with Crippen LogP contribution in [-0.4, -0.2) is 34.4 Å². The van der Waals surface area contributed by atoms with Gasteiger partial charge in [0.1, 0.15) is 0 Å². The molecule has 2 N–H and O–H groups in total. The summed E-state index contributed by atoms with van der Waals surface area (Å²) in [6, 6.07) is 10.4. The monoisotopic (exact) mass is 240 g/mol. The average molecular weight is 240 g/mol. The van der Waals surface area contributed by atoms with Crippen LogP contribution in [0, 0.1) is 0 Å². The van der Waals surface area contributed by atoms with Crippen LogP contribution in [0.3, 0.4) is 0 Å². The Morgan fingerprint density at radius 2 is 1.88 bits per heavy atom. The van der Waals surface area contributed by atoms with Gasteiger partial charge >= 0.3 is 0 Å². The second-order valence-corrected chi connectivity index (χ2v) is 5.63. The van der Waals surface area contributed by atoms with E-state index in [-0.39, 0.29) is 12.0 Å². The first-order valence-electron chi connectivity index (χ1n) is 5.48. The summed E-state index contributed by atoms with van der Waals surface area (Å²) in [7, 11) is 0. The van der Waals surface area contributed by atoms with Crippen LogP contribution in [0.15, 0.2) is 30.3 Å². The fraction of sp³-hybridized carbons (Fsp3) is 0.538. The molecule has 0 fully saturated rings. The Kier molecular flexibility index (Phi) is 5.32. The van der Waals surface area contributed by atoms with Gasteiger partial charge in [-0.05, 0) is 11.0 Å². The molecule has 1 rings (SSSR count). The van der Waals surface area contributed by atoms with Crippen molar-refractivity contribution in [3.8, 4) is 0 Å².